The molecule has 0 radical (unpaired) electrons. The van der Waals surface area contributed by atoms with Gasteiger partial charge in [-0.3, -0.25) is 28.6 Å². The number of nitro groups is 1. The number of nitro benzene ring substituents is 1. The summed E-state index contributed by atoms with van der Waals surface area (Å²) >= 11 is 5.96. The number of nitrogens with one attached hydrogen (secondary N) is 1. The number of aryl methyl sites for hydroxylation is 1. The number of allylic oxidation sites excluding steroid dienone is 2. The van der Waals surface area contributed by atoms with Gasteiger partial charge in [-0.2, -0.15) is 10.1 Å². The van der Waals surface area contributed by atoms with Crippen LogP contribution in [0.1, 0.15) is 19.4 Å². The number of imidazole rings is 1. The Kier molecular flexibility index (Phi) is 6.07. The summed E-state index contributed by atoms with van der Waals surface area (Å²) in [6, 6.07) is 5.94. The SMILES string of the molecule is CC(Cl)=CCn1c(NN=C(C)c2ccc([N+](=O)[O-])cc2)nc2c1c(=O)n(C)c(=O)n2C. The van der Waals surface area contributed by atoms with E-state index in [0.717, 1.165) is 4.57 Å². The van der Waals surface area contributed by atoms with Gasteiger partial charge in [-0.1, -0.05) is 17.7 Å². The maximum atomic E-state index is 12.7. The van der Waals surface area contributed by atoms with Crippen molar-refractivity contribution in [2.24, 2.45) is 19.2 Å². The molecular formula is C19H20ClN7O4. The Balaban J connectivity index is 2.08. The zero-order chi connectivity index (χ0) is 22.9. The highest BCUT2D eigenvalue weighted by atomic mass is 35.5. The second kappa shape index (κ2) is 8.56. The maximum Gasteiger partial charge on any atom is 0.332 e. The Morgan fingerprint density at radius 3 is 2.45 bits per heavy atom. The molecule has 162 valence electrons. The van der Waals surface area contributed by atoms with Gasteiger partial charge in [0.25, 0.3) is 11.2 Å². The van der Waals surface area contributed by atoms with E-state index in [1.165, 1.54) is 30.8 Å². The second-order valence-electron chi connectivity index (χ2n) is 6.83. The van der Waals surface area contributed by atoms with E-state index < -0.39 is 16.2 Å². The Morgan fingerprint density at radius 1 is 1.23 bits per heavy atom. The van der Waals surface area contributed by atoms with Crippen LogP contribution in [0.2, 0.25) is 0 Å². The molecule has 0 spiro atoms. The van der Waals surface area contributed by atoms with Gasteiger partial charge >= 0.3 is 5.69 Å². The number of non-ortho nitro benzene ring substituents is 1. The number of hydrogen-bond acceptors (Lipinski definition) is 7. The molecule has 1 N–H and O–H groups in total. The predicted molar refractivity (Wildman–Crippen MR) is 119 cm³/mol. The number of hydrazone groups is 1. The third-order valence-electron chi connectivity index (χ3n) is 4.72. The minimum Gasteiger partial charge on any atom is -0.299 e. The Hall–Kier alpha value is -3.73. The summed E-state index contributed by atoms with van der Waals surface area (Å²) in [5.74, 6) is 0.240. The molecule has 1 aromatic carbocycles. The van der Waals surface area contributed by atoms with Crippen molar-refractivity contribution in [2.75, 3.05) is 5.43 Å². The van der Waals surface area contributed by atoms with E-state index in [9.17, 15) is 19.7 Å². The van der Waals surface area contributed by atoms with Crippen molar-refractivity contribution in [3.63, 3.8) is 0 Å². The Bertz CT molecular complexity index is 1340. The fourth-order valence-corrected chi connectivity index (χ4v) is 3.02. The Labute approximate surface area is 181 Å². The monoisotopic (exact) mass is 445 g/mol. The molecule has 0 fully saturated rings. The van der Waals surface area contributed by atoms with Gasteiger partial charge in [-0.05, 0) is 31.5 Å². The van der Waals surface area contributed by atoms with Gasteiger partial charge in [0.05, 0.1) is 10.6 Å². The van der Waals surface area contributed by atoms with Crippen molar-refractivity contribution in [3.05, 3.63) is 71.9 Å². The van der Waals surface area contributed by atoms with Gasteiger partial charge < -0.3 is 0 Å². The smallest absolute Gasteiger partial charge is 0.299 e. The van der Waals surface area contributed by atoms with Crippen LogP contribution in [0.15, 0.2) is 50.1 Å². The average molecular weight is 446 g/mol. The maximum absolute atomic E-state index is 12.7. The second-order valence-corrected chi connectivity index (χ2v) is 7.42. The first-order valence-electron chi connectivity index (χ1n) is 9.15. The lowest BCUT2D eigenvalue weighted by atomic mass is 10.1. The molecule has 0 aliphatic heterocycles. The molecule has 12 heteroatoms. The highest BCUT2D eigenvalue weighted by Crippen LogP contribution is 2.17. The molecule has 11 nitrogen and oxygen atoms in total. The quantitative estimate of drug-likeness (QED) is 0.352. The summed E-state index contributed by atoms with van der Waals surface area (Å²) in [6.45, 7) is 3.66. The molecule has 2 aromatic heterocycles. The number of halogens is 1. The first-order valence-corrected chi connectivity index (χ1v) is 9.53. The normalized spacial score (nSPS) is 12.4. The van der Waals surface area contributed by atoms with Gasteiger partial charge in [-0.15, -0.1) is 0 Å². The first-order chi connectivity index (χ1) is 14.6. The molecule has 0 atom stereocenters. The lowest BCUT2D eigenvalue weighted by molar-refractivity contribution is -0.384. The van der Waals surface area contributed by atoms with E-state index in [4.69, 9.17) is 11.6 Å². The zero-order valence-corrected chi connectivity index (χ0v) is 18.0. The van der Waals surface area contributed by atoms with E-state index in [0.29, 0.717) is 16.3 Å². The number of fused-ring (bicyclic) bond motifs is 1. The summed E-state index contributed by atoms with van der Waals surface area (Å²) < 4.78 is 3.87. The molecule has 31 heavy (non-hydrogen) atoms. The van der Waals surface area contributed by atoms with Crippen molar-refractivity contribution in [3.8, 4) is 0 Å². The van der Waals surface area contributed by atoms with Gasteiger partial charge in [0.2, 0.25) is 5.95 Å². The lowest BCUT2D eigenvalue weighted by Crippen LogP contribution is -2.37. The molecule has 0 unspecified atom stereocenters. The molecule has 2 heterocycles. The van der Waals surface area contributed by atoms with Crippen LogP contribution < -0.4 is 16.7 Å². The summed E-state index contributed by atoms with van der Waals surface area (Å²) in [7, 11) is 2.92. The molecule has 0 aliphatic carbocycles. The van der Waals surface area contributed by atoms with Gasteiger partial charge in [0.15, 0.2) is 11.2 Å². The average Bonchev–Trinajstić information content (AvgIpc) is 3.11. The van der Waals surface area contributed by atoms with Crippen LogP contribution in [0.4, 0.5) is 11.6 Å². The summed E-state index contributed by atoms with van der Waals surface area (Å²) in [6.07, 6.45) is 1.70. The van der Waals surface area contributed by atoms with Crippen LogP contribution in [0.5, 0.6) is 0 Å². The molecule has 0 bridgehead atoms. The first kappa shape index (κ1) is 22.0. The lowest BCUT2D eigenvalue weighted by Gasteiger charge is -2.07. The summed E-state index contributed by atoms with van der Waals surface area (Å²) in [5, 5.41) is 15.6. The van der Waals surface area contributed by atoms with Crippen molar-refractivity contribution >= 4 is 40.1 Å². The molecule has 3 rings (SSSR count). The number of rotatable bonds is 6. The highest BCUT2D eigenvalue weighted by molar-refractivity contribution is 6.29. The van der Waals surface area contributed by atoms with Gasteiger partial charge in [0, 0.05) is 37.8 Å². The van der Waals surface area contributed by atoms with Crippen LogP contribution in [0, 0.1) is 10.1 Å². The van der Waals surface area contributed by atoms with E-state index >= 15 is 0 Å². The van der Waals surface area contributed by atoms with Crippen LogP contribution in [0.25, 0.3) is 11.2 Å². The number of hydrogen-bond donors (Lipinski definition) is 1. The van der Waals surface area contributed by atoms with Crippen LogP contribution in [-0.2, 0) is 20.6 Å². The highest BCUT2D eigenvalue weighted by Gasteiger charge is 2.18. The third-order valence-corrected chi connectivity index (χ3v) is 4.88. The fraction of sp³-hybridized carbons (Fsp3) is 0.263. The molecule has 0 saturated carbocycles. The van der Waals surface area contributed by atoms with Crippen LogP contribution in [0.3, 0.4) is 0 Å². The van der Waals surface area contributed by atoms with Crippen molar-refractivity contribution in [1.82, 2.24) is 18.7 Å². The number of nitrogens with zero attached hydrogens (tertiary/aromatic N) is 6. The predicted octanol–water partition coefficient (Wildman–Crippen LogP) is 2.32. The number of aromatic nitrogens is 4. The third kappa shape index (κ3) is 4.26. The van der Waals surface area contributed by atoms with Crippen LogP contribution >= 0.6 is 11.6 Å². The molecule has 3 aromatic rings. The largest absolute Gasteiger partial charge is 0.332 e. The van der Waals surface area contributed by atoms with Gasteiger partial charge in [0.1, 0.15) is 0 Å². The summed E-state index contributed by atoms with van der Waals surface area (Å²) in [5.41, 5.74) is 3.46. The Morgan fingerprint density at radius 2 is 1.87 bits per heavy atom. The zero-order valence-electron chi connectivity index (χ0n) is 17.3. The molecular weight excluding hydrogens is 426 g/mol. The van der Waals surface area contributed by atoms with Gasteiger partial charge in [-0.25, -0.2) is 10.2 Å². The van der Waals surface area contributed by atoms with E-state index in [1.807, 2.05) is 0 Å². The van der Waals surface area contributed by atoms with E-state index in [-0.39, 0.29) is 29.3 Å². The van der Waals surface area contributed by atoms with Crippen molar-refractivity contribution in [2.45, 2.75) is 20.4 Å². The minimum atomic E-state index is -0.497. The van der Waals surface area contributed by atoms with E-state index in [1.54, 1.807) is 36.6 Å². The topological polar surface area (TPSA) is 129 Å². The van der Waals surface area contributed by atoms with Crippen LogP contribution in [-0.4, -0.2) is 29.3 Å². The molecule has 0 saturated heterocycles. The van der Waals surface area contributed by atoms with Crippen molar-refractivity contribution < 1.29 is 4.92 Å². The minimum absolute atomic E-state index is 0.0219. The molecule has 0 aliphatic rings. The fourth-order valence-electron chi connectivity index (χ4n) is 2.95. The van der Waals surface area contributed by atoms with E-state index in [2.05, 4.69) is 15.5 Å². The van der Waals surface area contributed by atoms with Crippen molar-refractivity contribution in [1.29, 1.82) is 0 Å². The number of benzene rings is 1. The number of anilines is 1. The molecule has 0 amide bonds. The standard InChI is InChI=1S/C19H20ClN7O4/c1-11(20)9-10-26-15-16(24(3)19(29)25(4)17(15)28)21-18(26)23-22-12(2)13-5-7-14(8-6-13)27(30)31/h5-9H,10H2,1-4H3,(H,21,23). The summed E-state index contributed by atoms with van der Waals surface area (Å²) in [4.78, 5) is 39.7.